The van der Waals surface area contributed by atoms with Crippen molar-refractivity contribution in [3.8, 4) is 6.07 Å². The van der Waals surface area contributed by atoms with Crippen LogP contribution >= 0.6 is 0 Å². The van der Waals surface area contributed by atoms with E-state index in [9.17, 15) is 4.79 Å². The highest BCUT2D eigenvalue weighted by atomic mass is 16.5. The summed E-state index contributed by atoms with van der Waals surface area (Å²) in [5.41, 5.74) is 0. The molecule has 3 heteroatoms. The molecule has 0 saturated carbocycles. The second kappa shape index (κ2) is 7.60. The number of nitrogens with zero attached hydrogens (tertiary/aromatic N) is 1. The van der Waals surface area contributed by atoms with Crippen LogP contribution in [-0.4, -0.2) is 12.6 Å². The van der Waals surface area contributed by atoms with Gasteiger partial charge < -0.3 is 4.74 Å². The normalized spacial score (nSPS) is 11.8. The highest BCUT2D eigenvalue weighted by Gasteiger charge is 2.06. The van der Waals surface area contributed by atoms with E-state index in [1.54, 1.807) is 6.92 Å². The van der Waals surface area contributed by atoms with Crippen LogP contribution in [0.1, 0.15) is 39.5 Å². The molecule has 0 amide bonds. The molecule has 0 N–H and O–H groups in total. The van der Waals surface area contributed by atoms with Gasteiger partial charge in [0.2, 0.25) is 0 Å². The average molecular weight is 183 g/mol. The van der Waals surface area contributed by atoms with Gasteiger partial charge in [0.05, 0.1) is 12.7 Å². The summed E-state index contributed by atoms with van der Waals surface area (Å²) >= 11 is 0. The van der Waals surface area contributed by atoms with E-state index in [-0.39, 0.29) is 11.9 Å². The van der Waals surface area contributed by atoms with E-state index < -0.39 is 0 Å². The fourth-order valence-electron chi connectivity index (χ4n) is 1.09. The molecule has 0 aromatic carbocycles. The van der Waals surface area contributed by atoms with Gasteiger partial charge in [0.15, 0.2) is 0 Å². The Bertz CT molecular complexity index is 184. The zero-order chi connectivity index (χ0) is 10.1. The van der Waals surface area contributed by atoms with Gasteiger partial charge in [0.25, 0.3) is 0 Å². The quantitative estimate of drug-likeness (QED) is 0.593. The van der Waals surface area contributed by atoms with E-state index in [1.165, 1.54) is 0 Å². The lowest BCUT2D eigenvalue weighted by atomic mass is 10.0. The van der Waals surface area contributed by atoms with Crippen molar-refractivity contribution < 1.29 is 9.53 Å². The largest absolute Gasteiger partial charge is 0.466 e. The molecule has 74 valence electrons. The average Bonchev–Trinajstić information content (AvgIpc) is 2.13. The van der Waals surface area contributed by atoms with E-state index in [1.807, 2.05) is 6.92 Å². The van der Waals surface area contributed by atoms with Crippen molar-refractivity contribution in [1.29, 1.82) is 5.26 Å². The van der Waals surface area contributed by atoms with Crippen LogP contribution in [0.15, 0.2) is 0 Å². The molecular weight excluding hydrogens is 166 g/mol. The Morgan fingerprint density at radius 2 is 2.23 bits per heavy atom. The number of hydrogen-bond acceptors (Lipinski definition) is 3. The number of carbonyl (C=O) groups excluding carboxylic acids is 1. The van der Waals surface area contributed by atoms with Crippen molar-refractivity contribution in [3.63, 3.8) is 0 Å². The minimum absolute atomic E-state index is 0.0921. The maximum Gasteiger partial charge on any atom is 0.305 e. The van der Waals surface area contributed by atoms with Gasteiger partial charge in [-0.25, -0.2) is 0 Å². The summed E-state index contributed by atoms with van der Waals surface area (Å²) in [6, 6.07) is 2.21. The molecule has 0 spiro atoms. The molecule has 0 aromatic heterocycles. The van der Waals surface area contributed by atoms with E-state index >= 15 is 0 Å². The van der Waals surface area contributed by atoms with Gasteiger partial charge >= 0.3 is 5.97 Å². The summed E-state index contributed by atoms with van der Waals surface area (Å²) in [6.07, 6.45) is 2.85. The van der Waals surface area contributed by atoms with Crippen molar-refractivity contribution in [2.45, 2.75) is 39.5 Å². The standard InChI is InChI=1S/C10H17NO2/c1-3-9(8-11)6-5-7-10(12)13-4-2/h9H,3-7H2,1-2H3. The molecule has 0 aromatic rings. The molecule has 0 fully saturated rings. The molecular formula is C10H17NO2. The highest BCUT2D eigenvalue weighted by molar-refractivity contribution is 5.69. The van der Waals surface area contributed by atoms with Crippen molar-refractivity contribution in [2.75, 3.05) is 6.61 Å². The fourth-order valence-corrected chi connectivity index (χ4v) is 1.09. The molecule has 0 aliphatic heterocycles. The van der Waals surface area contributed by atoms with Crippen molar-refractivity contribution in [3.05, 3.63) is 0 Å². The SMILES string of the molecule is CCOC(=O)CCCC(C#N)CC. The lowest BCUT2D eigenvalue weighted by Gasteiger charge is -2.04. The lowest BCUT2D eigenvalue weighted by Crippen LogP contribution is -2.04. The predicted molar refractivity (Wildman–Crippen MR) is 49.9 cm³/mol. The van der Waals surface area contributed by atoms with Gasteiger partial charge in [-0.05, 0) is 26.2 Å². The first-order valence-corrected chi connectivity index (χ1v) is 4.79. The smallest absolute Gasteiger partial charge is 0.305 e. The van der Waals surface area contributed by atoms with Crippen LogP contribution in [0.5, 0.6) is 0 Å². The minimum Gasteiger partial charge on any atom is -0.466 e. The van der Waals surface area contributed by atoms with E-state index in [0.29, 0.717) is 13.0 Å². The Morgan fingerprint density at radius 1 is 1.54 bits per heavy atom. The minimum atomic E-state index is -0.157. The number of hydrogen-bond donors (Lipinski definition) is 0. The Kier molecular flexibility index (Phi) is 6.99. The summed E-state index contributed by atoms with van der Waals surface area (Å²) < 4.78 is 4.77. The fraction of sp³-hybridized carbons (Fsp3) is 0.800. The zero-order valence-electron chi connectivity index (χ0n) is 8.38. The van der Waals surface area contributed by atoms with Gasteiger partial charge in [-0.2, -0.15) is 5.26 Å². The zero-order valence-corrected chi connectivity index (χ0v) is 8.38. The summed E-state index contributed by atoms with van der Waals surface area (Å²) in [5.74, 6) is -0.0651. The molecule has 3 nitrogen and oxygen atoms in total. The van der Waals surface area contributed by atoms with Crippen LogP contribution < -0.4 is 0 Å². The topological polar surface area (TPSA) is 50.1 Å². The summed E-state index contributed by atoms with van der Waals surface area (Å²) in [7, 11) is 0. The summed E-state index contributed by atoms with van der Waals surface area (Å²) in [4.78, 5) is 10.9. The molecule has 0 bridgehead atoms. The molecule has 0 aliphatic rings. The molecule has 0 heterocycles. The van der Waals surface area contributed by atoms with Crippen LogP contribution in [0.4, 0.5) is 0 Å². The monoisotopic (exact) mass is 183 g/mol. The third-order valence-corrected chi connectivity index (χ3v) is 1.91. The molecule has 1 atom stereocenters. The molecule has 0 saturated heterocycles. The first-order chi connectivity index (χ1) is 6.24. The van der Waals surface area contributed by atoms with Crippen LogP contribution in [0.25, 0.3) is 0 Å². The molecule has 1 unspecified atom stereocenters. The Labute approximate surface area is 79.7 Å². The molecule has 0 radical (unpaired) electrons. The maximum absolute atomic E-state index is 10.9. The number of rotatable bonds is 6. The van der Waals surface area contributed by atoms with E-state index in [2.05, 4.69) is 6.07 Å². The van der Waals surface area contributed by atoms with Gasteiger partial charge in [-0.1, -0.05) is 6.92 Å². The highest BCUT2D eigenvalue weighted by Crippen LogP contribution is 2.11. The number of nitriles is 1. The van der Waals surface area contributed by atoms with Gasteiger partial charge in [0, 0.05) is 12.3 Å². The van der Waals surface area contributed by atoms with Gasteiger partial charge in [0.1, 0.15) is 0 Å². The van der Waals surface area contributed by atoms with Gasteiger partial charge in [-0.15, -0.1) is 0 Å². The van der Waals surface area contributed by atoms with Crippen LogP contribution in [0.2, 0.25) is 0 Å². The third kappa shape index (κ3) is 6.15. The number of ether oxygens (including phenoxy) is 1. The summed E-state index contributed by atoms with van der Waals surface area (Å²) in [6.45, 7) is 4.22. The van der Waals surface area contributed by atoms with Crippen LogP contribution in [-0.2, 0) is 9.53 Å². The molecule has 13 heavy (non-hydrogen) atoms. The van der Waals surface area contributed by atoms with Gasteiger partial charge in [-0.3, -0.25) is 4.79 Å². The number of carbonyl (C=O) groups is 1. The van der Waals surface area contributed by atoms with E-state index in [4.69, 9.17) is 10.00 Å². The predicted octanol–water partition coefficient (Wildman–Crippen LogP) is 2.27. The summed E-state index contributed by atoms with van der Waals surface area (Å²) in [5, 5.41) is 8.63. The second-order valence-electron chi connectivity index (χ2n) is 2.93. The first kappa shape index (κ1) is 12.0. The van der Waals surface area contributed by atoms with E-state index in [0.717, 1.165) is 19.3 Å². The van der Waals surface area contributed by atoms with Crippen molar-refractivity contribution >= 4 is 5.97 Å². The van der Waals surface area contributed by atoms with Crippen LogP contribution in [0.3, 0.4) is 0 Å². The molecule has 0 rings (SSSR count). The number of esters is 1. The maximum atomic E-state index is 10.9. The second-order valence-corrected chi connectivity index (χ2v) is 2.93. The Hall–Kier alpha value is -1.04. The van der Waals surface area contributed by atoms with Crippen LogP contribution in [0, 0.1) is 17.2 Å². The Morgan fingerprint density at radius 3 is 2.69 bits per heavy atom. The van der Waals surface area contributed by atoms with Crippen molar-refractivity contribution in [2.24, 2.45) is 5.92 Å². The first-order valence-electron chi connectivity index (χ1n) is 4.79. The third-order valence-electron chi connectivity index (χ3n) is 1.91. The molecule has 0 aliphatic carbocycles. The Balaban J connectivity index is 3.44. The van der Waals surface area contributed by atoms with Crippen molar-refractivity contribution in [1.82, 2.24) is 0 Å². The lowest BCUT2D eigenvalue weighted by molar-refractivity contribution is -0.143.